The fourth-order valence-corrected chi connectivity index (χ4v) is 10.6. The van der Waals surface area contributed by atoms with E-state index >= 15 is 4.11 Å². The van der Waals surface area contributed by atoms with E-state index in [1.54, 1.807) is 42.1 Å². The molecule has 12 heteroatoms. The molecule has 0 aliphatic carbocycles. The first-order valence-corrected chi connectivity index (χ1v) is 20.3. The van der Waals surface area contributed by atoms with Gasteiger partial charge in [-0.15, -0.1) is 0 Å². The van der Waals surface area contributed by atoms with E-state index in [1.807, 2.05) is 67.6 Å². The number of hydrogen-bond donors (Lipinski definition) is 3. The summed E-state index contributed by atoms with van der Waals surface area (Å²) in [5.74, 6) is -0.760. The van der Waals surface area contributed by atoms with Crippen molar-refractivity contribution < 1.29 is 33.1 Å². The van der Waals surface area contributed by atoms with Gasteiger partial charge in [0, 0.05) is 35.8 Å². The lowest BCUT2D eigenvalue weighted by Gasteiger charge is -2.31. The van der Waals surface area contributed by atoms with Gasteiger partial charge in [-0.25, -0.2) is 0 Å². The van der Waals surface area contributed by atoms with Crippen LogP contribution in [0.3, 0.4) is 0 Å². The first-order chi connectivity index (χ1) is 24.0. The number of carbonyl (C=O) groups excluding carboxylic acids is 3. The molecule has 3 aromatic carbocycles. The Morgan fingerprint density at radius 2 is 1.88 bits per heavy atom. The fourth-order valence-electron chi connectivity index (χ4n) is 8.10. The Labute approximate surface area is 294 Å². The standard InChI is InChI=1S/C38H47FN4O6Si/c1-25-35(50(3,4)39)33(22-34(45)42(18-19-44)23-26-10-6-5-7-11-26)49-38(25)30-21-29(48-2)15-16-32(30)43(37(38)47)24-27-12-8-13-28(20-27)41-36(46)31-14-9-17-40-31/h5-8,10-13,15-16,20-21,25,31,33,35,40,44H,9,14,17-19,22-24H2,1-4H3,(H,41,46)/t25-,31+,33+,35-,38+/m0/s1. The van der Waals surface area contributed by atoms with Gasteiger partial charge in [-0.2, -0.15) is 0 Å². The van der Waals surface area contributed by atoms with Crippen LogP contribution < -0.4 is 20.3 Å². The SMILES string of the molecule is COc1ccc2c(c1)[C@@]1(O[C@H](CC(=O)N(CCO)Cc3ccccc3)[C@@H]([Si](C)(C)F)[C@@H]1C)C(=O)N2Cc1cccc(NC(=O)[C@H]2CCCN2)c1. The van der Waals surface area contributed by atoms with Gasteiger partial charge >= 0.3 is 0 Å². The van der Waals surface area contributed by atoms with Crippen LogP contribution in [0.4, 0.5) is 15.5 Å². The summed E-state index contributed by atoms with van der Waals surface area (Å²) in [6.45, 7) is 6.25. The largest absolute Gasteiger partial charge is 0.497 e. The highest BCUT2D eigenvalue weighted by Gasteiger charge is 2.67. The number of ether oxygens (including phenoxy) is 2. The molecule has 266 valence electrons. The van der Waals surface area contributed by atoms with Crippen LogP contribution in [0, 0.1) is 5.92 Å². The predicted molar refractivity (Wildman–Crippen MR) is 192 cm³/mol. The molecule has 2 saturated heterocycles. The van der Waals surface area contributed by atoms with Crippen LogP contribution in [-0.2, 0) is 37.8 Å². The molecule has 3 heterocycles. The van der Waals surface area contributed by atoms with E-state index in [1.165, 1.54) is 0 Å². The summed E-state index contributed by atoms with van der Waals surface area (Å²) >= 11 is 0. The van der Waals surface area contributed by atoms with Crippen molar-refractivity contribution in [2.24, 2.45) is 5.92 Å². The Hall–Kier alpha value is -4.10. The number of carbonyl (C=O) groups is 3. The second kappa shape index (κ2) is 14.6. The minimum atomic E-state index is -3.53. The smallest absolute Gasteiger partial charge is 0.264 e. The van der Waals surface area contributed by atoms with Gasteiger partial charge in [0.05, 0.1) is 44.5 Å². The highest BCUT2D eigenvalue weighted by molar-refractivity contribution is 6.72. The Kier molecular flexibility index (Phi) is 10.5. The third-order valence-corrected chi connectivity index (χ3v) is 12.9. The van der Waals surface area contributed by atoms with Crippen LogP contribution in [-0.4, -0.2) is 75.1 Å². The van der Waals surface area contributed by atoms with Crippen LogP contribution in [0.2, 0.25) is 18.6 Å². The minimum absolute atomic E-state index is 0.0903. The first-order valence-electron chi connectivity index (χ1n) is 17.4. The molecule has 10 nitrogen and oxygen atoms in total. The number of halogens is 1. The number of hydrogen-bond acceptors (Lipinski definition) is 7. The molecule has 3 N–H and O–H groups in total. The molecule has 5 atom stereocenters. The average molecular weight is 703 g/mol. The van der Waals surface area contributed by atoms with E-state index in [-0.39, 0.29) is 56.4 Å². The molecule has 0 saturated carbocycles. The maximum atomic E-state index is 16.4. The Balaban J connectivity index is 1.31. The number of anilines is 2. The highest BCUT2D eigenvalue weighted by atomic mass is 28.4. The molecule has 0 radical (unpaired) electrons. The monoisotopic (exact) mass is 702 g/mol. The third-order valence-electron chi connectivity index (χ3n) is 10.4. The number of methoxy groups -OCH3 is 1. The summed E-state index contributed by atoms with van der Waals surface area (Å²) < 4.78 is 28.8. The van der Waals surface area contributed by atoms with Crippen molar-refractivity contribution >= 4 is 37.5 Å². The summed E-state index contributed by atoms with van der Waals surface area (Å²) in [7, 11) is -1.99. The molecule has 6 rings (SSSR count). The van der Waals surface area contributed by atoms with Crippen molar-refractivity contribution in [2.45, 2.75) is 75.7 Å². The summed E-state index contributed by atoms with van der Waals surface area (Å²) in [5, 5.41) is 16.0. The van der Waals surface area contributed by atoms with Gasteiger partial charge in [-0.1, -0.05) is 49.4 Å². The second-order valence-corrected chi connectivity index (χ2v) is 17.9. The molecular formula is C38H47FN4O6Si. The number of fused-ring (bicyclic) bond motifs is 2. The number of aliphatic hydroxyl groups excluding tert-OH is 1. The molecule has 1 spiro atoms. The van der Waals surface area contributed by atoms with Crippen molar-refractivity contribution in [3.05, 3.63) is 89.5 Å². The summed E-state index contributed by atoms with van der Waals surface area (Å²) in [4.78, 5) is 44.8. The molecule has 2 fully saturated rings. The van der Waals surface area contributed by atoms with E-state index in [0.29, 0.717) is 22.7 Å². The quantitative estimate of drug-likeness (QED) is 0.177. The van der Waals surface area contributed by atoms with Crippen molar-refractivity contribution in [1.29, 1.82) is 0 Å². The molecular weight excluding hydrogens is 656 g/mol. The van der Waals surface area contributed by atoms with Crippen molar-refractivity contribution in [3.8, 4) is 5.75 Å². The number of amides is 3. The van der Waals surface area contributed by atoms with Crippen molar-refractivity contribution in [1.82, 2.24) is 10.2 Å². The van der Waals surface area contributed by atoms with Gasteiger partial charge in [-0.05, 0) is 73.9 Å². The zero-order valence-electron chi connectivity index (χ0n) is 29.2. The zero-order valence-corrected chi connectivity index (χ0v) is 30.2. The van der Waals surface area contributed by atoms with Crippen LogP contribution in [0.15, 0.2) is 72.8 Å². The lowest BCUT2D eigenvalue weighted by atomic mass is 9.82. The second-order valence-electron chi connectivity index (χ2n) is 14.1. The number of aliphatic hydroxyl groups is 1. The maximum Gasteiger partial charge on any atom is 0.264 e. The van der Waals surface area contributed by atoms with Gasteiger partial charge in [0.2, 0.25) is 20.2 Å². The van der Waals surface area contributed by atoms with Crippen LogP contribution >= 0.6 is 0 Å². The molecule has 3 aliphatic heterocycles. The highest BCUT2D eigenvalue weighted by Crippen LogP contribution is 2.60. The molecule has 0 unspecified atom stereocenters. The van der Waals surface area contributed by atoms with Crippen molar-refractivity contribution in [3.63, 3.8) is 0 Å². The summed E-state index contributed by atoms with van der Waals surface area (Å²) in [6.07, 6.45) is 0.738. The number of nitrogens with one attached hydrogen (secondary N) is 2. The van der Waals surface area contributed by atoms with Crippen LogP contribution in [0.1, 0.15) is 42.9 Å². The van der Waals surface area contributed by atoms with E-state index in [9.17, 15) is 19.5 Å². The Bertz CT molecular complexity index is 1710. The topological polar surface area (TPSA) is 120 Å². The third kappa shape index (κ3) is 6.94. The van der Waals surface area contributed by atoms with Crippen LogP contribution in [0.5, 0.6) is 5.75 Å². The van der Waals surface area contributed by atoms with Gasteiger partial charge in [0.25, 0.3) is 5.91 Å². The van der Waals surface area contributed by atoms with E-state index < -0.39 is 31.6 Å². The average Bonchev–Trinajstić information content (AvgIpc) is 3.79. The fraction of sp³-hybridized carbons (Fsp3) is 0.447. The lowest BCUT2D eigenvalue weighted by molar-refractivity contribution is -0.150. The lowest BCUT2D eigenvalue weighted by Crippen LogP contribution is -2.45. The van der Waals surface area contributed by atoms with Gasteiger partial charge in [-0.3, -0.25) is 14.4 Å². The Morgan fingerprint density at radius 3 is 2.56 bits per heavy atom. The molecule has 3 amide bonds. The van der Waals surface area contributed by atoms with E-state index in [0.717, 1.165) is 30.5 Å². The minimum Gasteiger partial charge on any atom is -0.497 e. The summed E-state index contributed by atoms with van der Waals surface area (Å²) in [6, 6.07) is 22.1. The van der Waals surface area contributed by atoms with E-state index in [2.05, 4.69) is 10.6 Å². The zero-order chi connectivity index (χ0) is 35.6. The maximum absolute atomic E-state index is 16.4. The molecule has 0 bridgehead atoms. The van der Waals surface area contributed by atoms with Gasteiger partial charge < -0.3 is 39.1 Å². The predicted octanol–water partition coefficient (Wildman–Crippen LogP) is 5.12. The molecule has 3 aliphatic rings. The number of rotatable bonds is 12. The molecule has 50 heavy (non-hydrogen) atoms. The van der Waals surface area contributed by atoms with E-state index in [4.69, 9.17) is 9.47 Å². The van der Waals surface area contributed by atoms with Gasteiger partial charge in [0.15, 0.2) is 5.60 Å². The molecule has 0 aromatic heterocycles. The Morgan fingerprint density at radius 1 is 1.12 bits per heavy atom. The number of benzene rings is 3. The summed E-state index contributed by atoms with van der Waals surface area (Å²) in [5.41, 5.74) is 1.33. The first kappa shape index (κ1) is 35.7. The van der Waals surface area contributed by atoms with Gasteiger partial charge in [0.1, 0.15) is 5.75 Å². The van der Waals surface area contributed by atoms with Crippen molar-refractivity contribution in [2.75, 3.05) is 37.0 Å². The normalized spacial score (nSPS) is 24.4. The number of nitrogens with zero attached hydrogens (tertiary/aromatic N) is 2. The van der Waals surface area contributed by atoms with Crippen LogP contribution in [0.25, 0.3) is 0 Å². The molecule has 3 aromatic rings.